The zero-order valence-electron chi connectivity index (χ0n) is 11.9. The van der Waals surface area contributed by atoms with Gasteiger partial charge in [0.25, 0.3) is 0 Å². The first kappa shape index (κ1) is 17.0. The van der Waals surface area contributed by atoms with Gasteiger partial charge in [-0.3, -0.25) is 9.59 Å². The van der Waals surface area contributed by atoms with E-state index in [0.717, 1.165) is 6.42 Å². The number of hydrogen-bond donors (Lipinski definition) is 2. The van der Waals surface area contributed by atoms with Gasteiger partial charge in [-0.15, -0.1) is 0 Å². The van der Waals surface area contributed by atoms with Crippen LogP contribution in [0.4, 0.5) is 5.69 Å². The summed E-state index contributed by atoms with van der Waals surface area (Å²) in [6, 6.07) is 4.36. The fourth-order valence-electron chi connectivity index (χ4n) is 1.53. The van der Waals surface area contributed by atoms with Crippen LogP contribution in [-0.2, 0) is 14.3 Å². The van der Waals surface area contributed by atoms with E-state index in [0.29, 0.717) is 6.54 Å². The molecule has 0 heterocycles. The van der Waals surface area contributed by atoms with Crippen molar-refractivity contribution in [2.75, 3.05) is 19.0 Å². The molecule has 0 unspecified atom stereocenters. The molecule has 6 nitrogen and oxygen atoms in total. The number of ether oxygens (including phenoxy) is 1. The summed E-state index contributed by atoms with van der Waals surface area (Å²) in [5.74, 6) is -1.41. The summed E-state index contributed by atoms with van der Waals surface area (Å²) in [6.07, 6.45) is 0.485. The largest absolute Gasteiger partial charge is 0.465 e. The van der Waals surface area contributed by atoms with Crippen LogP contribution in [0.15, 0.2) is 18.2 Å². The van der Waals surface area contributed by atoms with E-state index in [1.54, 1.807) is 0 Å². The monoisotopic (exact) mass is 312 g/mol. The van der Waals surface area contributed by atoms with E-state index < -0.39 is 11.9 Å². The maximum atomic E-state index is 11.7. The van der Waals surface area contributed by atoms with Gasteiger partial charge in [0.05, 0.1) is 23.4 Å². The second-order valence-corrected chi connectivity index (χ2v) is 4.67. The number of halogens is 1. The molecule has 0 radical (unpaired) electrons. The molecule has 2 amide bonds. The molecule has 0 fully saturated rings. The third-order valence-corrected chi connectivity index (χ3v) is 2.88. The first-order chi connectivity index (χ1) is 9.97. The lowest BCUT2D eigenvalue weighted by molar-refractivity contribution is -0.126. The minimum atomic E-state index is -0.539. The predicted octanol–water partition coefficient (Wildman–Crippen LogP) is 1.98. The highest BCUT2D eigenvalue weighted by atomic mass is 35.5. The molecule has 0 atom stereocenters. The number of hydrogen-bond acceptors (Lipinski definition) is 4. The summed E-state index contributed by atoms with van der Waals surface area (Å²) in [5.41, 5.74) is 0.514. The highest BCUT2D eigenvalue weighted by Crippen LogP contribution is 2.23. The fraction of sp³-hybridized carbons (Fsp3) is 0.357. The molecule has 1 rings (SSSR count). The van der Waals surface area contributed by atoms with E-state index in [4.69, 9.17) is 11.6 Å². The lowest BCUT2D eigenvalue weighted by atomic mass is 10.2. The third-order valence-electron chi connectivity index (χ3n) is 2.55. The van der Waals surface area contributed by atoms with E-state index in [9.17, 15) is 14.4 Å². The Morgan fingerprint density at radius 3 is 2.57 bits per heavy atom. The predicted molar refractivity (Wildman–Crippen MR) is 79.3 cm³/mol. The van der Waals surface area contributed by atoms with Gasteiger partial charge in [0, 0.05) is 6.54 Å². The second kappa shape index (κ2) is 8.26. The molecule has 0 saturated heterocycles. The van der Waals surface area contributed by atoms with Crippen LogP contribution < -0.4 is 10.6 Å². The number of carbonyl (C=O) groups is 3. The minimum Gasteiger partial charge on any atom is -0.465 e. The molecule has 2 N–H and O–H groups in total. The molecule has 0 saturated carbocycles. The lowest BCUT2D eigenvalue weighted by Gasteiger charge is -2.09. The molecule has 114 valence electrons. The van der Waals surface area contributed by atoms with Gasteiger partial charge >= 0.3 is 5.97 Å². The number of amides is 2. The van der Waals surface area contributed by atoms with Gasteiger partial charge < -0.3 is 15.4 Å². The Kier molecular flexibility index (Phi) is 6.68. The van der Waals surface area contributed by atoms with Crippen LogP contribution in [0.25, 0.3) is 0 Å². The SMILES string of the molecule is CCCNC(=O)CC(=O)Nc1cc(C(=O)OC)ccc1Cl. The van der Waals surface area contributed by atoms with Crippen LogP contribution in [0.2, 0.25) is 5.02 Å². The Labute approximate surface area is 127 Å². The maximum Gasteiger partial charge on any atom is 0.337 e. The highest BCUT2D eigenvalue weighted by Gasteiger charge is 2.13. The summed E-state index contributed by atoms with van der Waals surface area (Å²) in [7, 11) is 1.26. The third kappa shape index (κ3) is 5.43. The molecule has 0 spiro atoms. The summed E-state index contributed by atoms with van der Waals surface area (Å²) in [6.45, 7) is 2.43. The van der Waals surface area contributed by atoms with Crippen LogP contribution in [0.3, 0.4) is 0 Å². The van der Waals surface area contributed by atoms with Crippen molar-refractivity contribution in [3.63, 3.8) is 0 Å². The van der Waals surface area contributed by atoms with Crippen LogP contribution in [0.5, 0.6) is 0 Å². The molecule has 0 aliphatic carbocycles. The average Bonchev–Trinajstić information content (AvgIpc) is 2.46. The first-order valence-corrected chi connectivity index (χ1v) is 6.80. The van der Waals surface area contributed by atoms with Gasteiger partial charge in [0.15, 0.2) is 0 Å². The van der Waals surface area contributed by atoms with Crippen LogP contribution in [-0.4, -0.2) is 31.4 Å². The second-order valence-electron chi connectivity index (χ2n) is 4.26. The Hall–Kier alpha value is -2.08. The molecular formula is C14H17ClN2O4. The van der Waals surface area contributed by atoms with E-state index in [-0.39, 0.29) is 28.6 Å². The smallest absolute Gasteiger partial charge is 0.337 e. The van der Waals surface area contributed by atoms with Gasteiger partial charge in [-0.05, 0) is 24.6 Å². The van der Waals surface area contributed by atoms with Crippen molar-refractivity contribution in [1.82, 2.24) is 5.32 Å². The van der Waals surface area contributed by atoms with Crippen molar-refractivity contribution < 1.29 is 19.1 Å². The average molecular weight is 313 g/mol. The summed E-state index contributed by atoms with van der Waals surface area (Å²) in [5, 5.41) is 5.36. The summed E-state index contributed by atoms with van der Waals surface area (Å²) < 4.78 is 4.59. The van der Waals surface area contributed by atoms with Gasteiger partial charge in [0.1, 0.15) is 6.42 Å². The number of esters is 1. The standard InChI is InChI=1S/C14H17ClN2O4/c1-3-6-16-12(18)8-13(19)17-11-7-9(14(20)21-2)4-5-10(11)15/h4-5,7H,3,6,8H2,1-2H3,(H,16,18)(H,17,19). The molecular weight excluding hydrogens is 296 g/mol. The Morgan fingerprint density at radius 2 is 1.95 bits per heavy atom. The molecule has 0 aromatic heterocycles. The van der Waals surface area contributed by atoms with E-state index in [2.05, 4.69) is 15.4 Å². The number of nitrogens with one attached hydrogen (secondary N) is 2. The van der Waals surface area contributed by atoms with Crippen molar-refractivity contribution >= 4 is 35.1 Å². The molecule has 21 heavy (non-hydrogen) atoms. The summed E-state index contributed by atoms with van der Waals surface area (Å²) in [4.78, 5) is 34.6. The Morgan fingerprint density at radius 1 is 1.24 bits per heavy atom. The number of benzene rings is 1. The highest BCUT2D eigenvalue weighted by molar-refractivity contribution is 6.34. The Bertz CT molecular complexity index is 546. The van der Waals surface area contributed by atoms with Gasteiger partial charge in [0.2, 0.25) is 11.8 Å². The molecule has 1 aromatic carbocycles. The van der Waals surface area contributed by atoms with Crippen molar-refractivity contribution in [3.8, 4) is 0 Å². The number of carbonyl (C=O) groups excluding carboxylic acids is 3. The van der Waals surface area contributed by atoms with E-state index >= 15 is 0 Å². The lowest BCUT2D eigenvalue weighted by Crippen LogP contribution is -2.28. The topological polar surface area (TPSA) is 84.5 Å². The van der Waals surface area contributed by atoms with Crippen LogP contribution in [0.1, 0.15) is 30.1 Å². The molecule has 0 aliphatic heterocycles. The first-order valence-electron chi connectivity index (χ1n) is 6.42. The molecule has 0 bridgehead atoms. The summed E-state index contributed by atoms with van der Waals surface area (Å²) >= 11 is 5.94. The van der Waals surface area contributed by atoms with Gasteiger partial charge in [-0.1, -0.05) is 18.5 Å². The van der Waals surface area contributed by atoms with Crippen molar-refractivity contribution in [2.45, 2.75) is 19.8 Å². The fourth-order valence-corrected chi connectivity index (χ4v) is 1.70. The minimum absolute atomic E-state index is 0.257. The van der Waals surface area contributed by atoms with E-state index in [1.165, 1.54) is 25.3 Å². The van der Waals surface area contributed by atoms with Crippen molar-refractivity contribution in [3.05, 3.63) is 28.8 Å². The number of anilines is 1. The molecule has 0 aliphatic rings. The van der Waals surface area contributed by atoms with Crippen LogP contribution in [0, 0.1) is 0 Å². The zero-order valence-corrected chi connectivity index (χ0v) is 12.6. The zero-order chi connectivity index (χ0) is 15.8. The number of methoxy groups -OCH3 is 1. The van der Waals surface area contributed by atoms with Gasteiger partial charge in [-0.25, -0.2) is 4.79 Å². The molecule has 1 aromatic rings. The molecule has 7 heteroatoms. The number of rotatable bonds is 6. The van der Waals surface area contributed by atoms with Crippen molar-refractivity contribution in [2.24, 2.45) is 0 Å². The quantitative estimate of drug-likeness (QED) is 0.621. The maximum absolute atomic E-state index is 11.7. The normalized spacial score (nSPS) is 9.86. The van der Waals surface area contributed by atoms with E-state index in [1.807, 2.05) is 6.92 Å². The Balaban J connectivity index is 2.71. The van der Waals surface area contributed by atoms with Crippen LogP contribution >= 0.6 is 11.6 Å². The van der Waals surface area contributed by atoms with Gasteiger partial charge in [-0.2, -0.15) is 0 Å². The van der Waals surface area contributed by atoms with Crippen molar-refractivity contribution in [1.29, 1.82) is 0 Å².